The van der Waals surface area contributed by atoms with Gasteiger partial charge in [-0.05, 0) is 28.4 Å². The summed E-state index contributed by atoms with van der Waals surface area (Å²) >= 11 is 3.21. The van der Waals surface area contributed by atoms with E-state index < -0.39 is 0 Å². The molecule has 0 radical (unpaired) electrons. The van der Waals surface area contributed by atoms with Crippen LogP contribution in [0, 0.1) is 5.82 Å². The third-order valence-corrected chi connectivity index (χ3v) is 2.69. The zero-order chi connectivity index (χ0) is 11.5. The lowest BCUT2D eigenvalue weighted by atomic mass is 10.3. The lowest BCUT2D eigenvalue weighted by Crippen LogP contribution is -1.97. The van der Waals surface area contributed by atoms with E-state index >= 15 is 0 Å². The topological polar surface area (TPSA) is 26.5 Å². The molecule has 0 bridgehead atoms. The predicted octanol–water partition coefficient (Wildman–Crippen LogP) is 3.41. The van der Waals surface area contributed by atoms with E-state index in [1.165, 1.54) is 10.6 Å². The summed E-state index contributed by atoms with van der Waals surface area (Å²) in [5, 5.41) is 4.04. The van der Waals surface area contributed by atoms with Crippen LogP contribution >= 0.6 is 15.9 Å². The summed E-state index contributed by atoms with van der Waals surface area (Å²) in [5.41, 5.74) is 0.388. The Hall–Kier alpha value is -1.10. The number of rotatable bonds is 4. The van der Waals surface area contributed by atoms with E-state index in [-0.39, 0.29) is 5.82 Å². The van der Waals surface area contributed by atoms with Crippen LogP contribution in [0.25, 0.3) is 5.52 Å². The predicted molar refractivity (Wildman–Crippen MR) is 63.3 cm³/mol. The number of hydrogen-bond donors (Lipinski definition) is 0. The minimum atomic E-state index is -0.335. The van der Waals surface area contributed by atoms with Crippen molar-refractivity contribution in [3.05, 3.63) is 28.7 Å². The van der Waals surface area contributed by atoms with Gasteiger partial charge in [0.25, 0.3) is 0 Å². The number of fused-ring (bicyclic) bond motifs is 1. The van der Waals surface area contributed by atoms with Crippen LogP contribution in [0.5, 0.6) is 5.75 Å². The third-order valence-electron chi connectivity index (χ3n) is 2.25. The van der Waals surface area contributed by atoms with Gasteiger partial charge in [0, 0.05) is 10.7 Å². The number of ether oxygens (including phenoxy) is 1. The molecule has 5 heteroatoms. The first-order chi connectivity index (χ1) is 7.72. The summed E-state index contributed by atoms with van der Waals surface area (Å²) in [7, 11) is 0. The van der Waals surface area contributed by atoms with E-state index in [0.717, 1.165) is 12.8 Å². The maximum atomic E-state index is 13.7. The molecule has 0 saturated carbocycles. The molecular formula is C11H12BrFN2O. The second-order valence-corrected chi connectivity index (χ2v) is 4.43. The highest BCUT2D eigenvalue weighted by Crippen LogP contribution is 2.25. The summed E-state index contributed by atoms with van der Waals surface area (Å²) in [6, 6.07) is 1.41. The smallest absolute Gasteiger partial charge is 0.168 e. The summed E-state index contributed by atoms with van der Waals surface area (Å²) < 4.78 is 21.3. The molecule has 16 heavy (non-hydrogen) atoms. The van der Waals surface area contributed by atoms with Crippen molar-refractivity contribution in [2.75, 3.05) is 6.61 Å². The molecule has 0 saturated heterocycles. The first-order valence-corrected chi connectivity index (χ1v) is 5.97. The molecule has 0 fully saturated rings. The van der Waals surface area contributed by atoms with Crippen LogP contribution in [-0.2, 0) is 0 Å². The molecule has 0 aliphatic carbocycles. The number of nitrogens with zero attached hydrogens (tertiary/aromatic N) is 2. The van der Waals surface area contributed by atoms with Crippen molar-refractivity contribution >= 4 is 21.4 Å². The van der Waals surface area contributed by atoms with Gasteiger partial charge in [-0.3, -0.25) is 0 Å². The first kappa shape index (κ1) is 11.4. The first-order valence-electron chi connectivity index (χ1n) is 5.17. The van der Waals surface area contributed by atoms with Gasteiger partial charge in [-0.15, -0.1) is 0 Å². The van der Waals surface area contributed by atoms with Gasteiger partial charge in [-0.25, -0.2) is 8.91 Å². The molecule has 2 aromatic rings. The Kier molecular flexibility index (Phi) is 3.43. The number of hydrogen-bond acceptors (Lipinski definition) is 2. The van der Waals surface area contributed by atoms with Crippen LogP contribution in [0.2, 0.25) is 0 Å². The molecule has 2 rings (SSSR count). The summed E-state index contributed by atoms with van der Waals surface area (Å²) in [4.78, 5) is 0. The van der Waals surface area contributed by atoms with Gasteiger partial charge < -0.3 is 4.74 Å². The standard InChI is InChI=1S/C11H12BrFN2O/c1-2-3-4-16-10-6-14-15-7-8(12)5-9(13)11(10)15/h5-7H,2-4H2,1H3. The van der Waals surface area contributed by atoms with Gasteiger partial charge in [0.1, 0.15) is 5.52 Å². The van der Waals surface area contributed by atoms with E-state index in [1.807, 2.05) is 0 Å². The van der Waals surface area contributed by atoms with Gasteiger partial charge in [-0.2, -0.15) is 5.10 Å². The molecule has 0 N–H and O–H groups in total. The van der Waals surface area contributed by atoms with E-state index in [2.05, 4.69) is 28.0 Å². The summed E-state index contributed by atoms with van der Waals surface area (Å²) in [6.45, 7) is 2.67. The fraction of sp³-hybridized carbons (Fsp3) is 0.364. The van der Waals surface area contributed by atoms with E-state index in [0.29, 0.717) is 22.3 Å². The normalized spacial score (nSPS) is 10.9. The lowest BCUT2D eigenvalue weighted by Gasteiger charge is -2.03. The minimum absolute atomic E-state index is 0.335. The second-order valence-electron chi connectivity index (χ2n) is 3.51. The Bertz CT molecular complexity index is 498. The van der Waals surface area contributed by atoms with Crippen molar-refractivity contribution in [2.24, 2.45) is 0 Å². The minimum Gasteiger partial charge on any atom is -0.490 e. The van der Waals surface area contributed by atoms with Gasteiger partial charge in [0.15, 0.2) is 11.6 Å². The molecule has 0 unspecified atom stereocenters. The van der Waals surface area contributed by atoms with E-state index in [1.54, 1.807) is 12.4 Å². The van der Waals surface area contributed by atoms with Gasteiger partial charge >= 0.3 is 0 Å². The average molecular weight is 287 g/mol. The Morgan fingerprint density at radius 1 is 1.56 bits per heavy atom. The molecule has 86 valence electrons. The van der Waals surface area contributed by atoms with Crippen molar-refractivity contribution in [3.8, 4) is 5.75 Å². The summed E-state index contributed by atoms with van der Waals surface area (Å²) in [5.74, 6) is 0.164. The Morgan fingerprint density at radius 2 is 2.38 bits per heavy atom. The SMILES string of the molecule is CCCCOc1cnn2cc(Br)cc(F)c12. The monoisotopic (exact) mass is 286 g/mol. The fourth-order valence-electron chi connectivity index (χ4n) is 1.45. The van der Waals surface area contributed by atoms with Gasteiger partial charge in [-0.1, -0.05) is 13.3 Å². The van der Waals surface area contributed by atoms with Gasteiger partial charge in [0.05, 0.1) is 12.8 Å². The van der Waals surface area contributed by atoms with Crippen LogP contribution in [0.4, 0.5) is 4.39 Å². The maximum Gasteiger partial charge on any atom is 0.168 e. The number of halogens is 2. The Balaban J connectivity index is 2.33. The lowest BCUT2D eigenvalue weighted by molar-refractivity contribution is 0.312. The van der Waals surface area contributed by atoms with Gasteiger partial charge in [0.2, 0.25) is 0 Å². The van der Waals surface area contributed by atoms with Crippen molar-refractivity contribution in [3.63, 3.8) is 0 Å². The molecule has 2 heterocycles. The van der Waals surface area contributed by atoms with Crippen LogP contribution in [-0.4, -0.2) is 16.2 Å². The number of aromatic nitrogens is 2. The molecule has 0 aliphatic heterocycles. The highest BCUT2D eigenvalue weighted by Gasteiger charge is 2.11. The van der Waals surface area contributed by atoms with Crippen molar-refractivity contribution in [2.45, 2.75) is 19.8 Å². The zero-order valence-corrected chi connectivity index (χ0v) is 10.5. The average Bonchev–Trinajstić information content (AvgIpc) is 2.62. The second kappa shape index (κ2) is 4.82. The van der Waals surface area contributed by atoms with Crippen molar-refractivity contribution in [1.29, 1.82) is 0 Å². The Labute approximate surface area is 101 Å². The van der Waals surface area contributed by atoms with Crippen LogP contribution in [0.1, 0.15) is 19.8 Å². The highest BCUT2D eigenvalue weighted by atomic mass is 79.9. The molecule has 0 aliphatic rings. The van der Waals surface area contributed by atoms with Crippen molar-refractivity contribution < 1.29 is 9.13 Å². The van der Waals surface area contributed by atoms with E-state index in [4.69, 9.17) is 4.74 Å². The third kappa shape index (κ3) is 2.19. The zero-order valence-electron chi connectivity index (χ0n) is 8.91. The highest BCUT2D eigenvalue weighted by molar-refractivity contribution is 9.10. The Morgan fingerprint density at radius 3 is 3.12 bits per heavy atom. The molecule has 3 nitrogen and oxygen atoms in total. The molecular weight excluding hydrogens is 275 g/mol. The molecule has 2 aromatic heterocycles. The molecule has 0 amide bonds. The quantitative estimate of drug-likeness (QED) is 0.805. The largest absolute Gasteiger partial charge is 0.490 e. The number of pyridine rings is 1. The van der Waals surface area contributed by atoms with E-state index in [9.17, 15) is 4.39 Å². The van der Waals surface area contributed by atoms with Crippen LogP contribution in [0.15, 0.2) is 22.9 Å². The maximum absolute atomic E-state index is 13.7. The molecule has 0 spiro atoms. The molecule has 0 aromatic carbocycles. The number of unbranched alkanes of at least 4 members (excludes halogenated alkanes) is 1. The van der Waals surface area contributed by atoms with Crippen molar-refractivity contribution in [1.82, 2.24) is 9.61 Å². The summed E-state index contributed by atoms with van der Waals surface area (Å²) in [6.07, 6.45) is 5.24. The fourth-order valence-corrected chi connectivity index (χ4v) is 1.84. The van der Waals surface area contributed by atoms with Crippen LogP contribution < -0.4 is 4.74 Å². The molecule has 0 atom stereocenters. The van der Waals surface area contributed by atoms with Crippen LogP contribution in [0.3, 0.4) is 0 Å².